The van der Waals surface area contributed by atoms with Gasteiger partial charge >= 0.3 is 0 Å². The van der Waals surface area contributed by atoms with Gasteiger partial charge in [-0.15, -0.1) is 11.3 Å². The molecular formula is C18H13BrClN3O2S2. The standard InChI is InChI=1S/C18H13BrClN3O2S2/c19-10-3-4-12(20)11(8-10)17(25)23-6-5-13-15(9-23)27-18(21-13)22-16(24)14-2-1-7-26-14/h1-4,7-8H,5-6,9H2,(H,21,22,24). The van der Waals surface area contributed by atoms with Gasteiger partial charge in [-0.1, -0.05) is 44.9 Å². The van der Waals surface area contributed by atoms with E-state index in [1.165, 1.54) is 22.7 Å². The van der Waals surface area contributed by atoms with Crippen molar-refractivity contribution in [1.82, 2.24) is 9.88 Å². The molecule has 2 aromatic heterocycles. The topological polar surface area (TPSA) is 62.3 Å². The van der Waals surface area contributed by atoms with Crippen LogP contribution >= 0.6 is 50.2 Å². The van der Waals surface area contributed by atoms with Crippen molar-refractivity contribution in [2.24, 2.45) is 0 Å². The molecule has 0 radical (unpaired) electrons. The smallest absolute Gasteiger partial charge is 0.267 e. The maximum atomic E-state index is 12.9. The number of amides is 2. The molecule has 0 atom stereocenters. The highest BCUT2D eigenvalue weighted by molar-refractivity contribution is 9.10. The zero-order chi connectivity index (χ0) is 19.0. The average Bonchev–Trinajstić information content (AvgIpc) is 3.31. The van der Waals surface area contributed by atoms with Crippen molar-refractivity contribution in [3.63, 3.8) is 0 Å². The van der Waals surface area contributed by atoms with Crippen LogP contribution < -0.4 is 5.32 Å². The number of thiazole rings is 1. The monoisotopic (exact) mass is 481 g/mol. The predicted molar refractivity (Wildman–Crippen MR) is 112 cm³/mol. The molecule has 0 fully saturated rings. The van der Waals surface area contributed by atoms with Crippen LogP contribution in [0.4, 0.5) is 5.13 Å². The van der Waals surface area contributed by atoms with Crippen molar-refractivity contribution in [1.29, 1.82) is 0 Å². The van der Waals surface area contributed by atoms with Crippen LogP contribution in [0.1, 0.15) is 30.6 Å². The van der Waals surface area contributed by atoms with Crippen molar-refractivity contribution in [3.05, 3.63) is 66.2 Å². The van der Waals surface area contributed by atoms with E-state index in [0.717, 1.165) is 15.0 Å². The number of rotatable bonds is 3. The van der Waals surface area contributed by atoms with Gasteiger partial charge in [-0.05, 0) is 29.6 Å². The lowest BCUT2D eigenvalue weighted by Gasteiger charge is -2.26. The summed E-state index contributed by atoms with van der Waals surface area (Å²) in [4.78, 5) is 33.0. The number of carbonyl (C=O) groups is 2. The molecule has 5 nitrogen and oxygen atoms in total. The number of aromatic nitrogens is 1. The zero-order valence-electron chi connectivity index (χ0n) is 13.9. The molecule has 0 spiro atoms. The Morgan fingerprint density at radius 1 is 1.30 bits per heavy atom. The first kappa shape index (κ1) is 18.6. The first-order valence-electron chi connectivity index (χ1n) is 8.09. The van der Waals surface area contributed by atoms with Gasteiger partial charge in [0.25, 0.3) is 11.8 Å². The molecule has 1 aromatic carbocycles. The Hall–Kier alpha value is -1.74. The fraction of sp³-hybridized carbons (Fsp3) is 0.167. The molecule has 0 bridgehead atoms. The van der Waals surface area contributed by atoms with E-state index in [4.69, 9.17) is 11.6 Å². The second-order valence-corrected chi connectivity index (χ2v) is 9.28. The summed E-state index contributed by atoms with van der Waals surface area (Å²) in [6.45, 7) is 1.03. The average molecular weight is 483 g/mol. The number of nitrogens with one attached hydrogen (secondary N) is 1. The SMILES string of the molecule is O=C(Nc1nc2c(s1)CN(C(=O)c1cc(Br)ccc1Cl)CC2)c1cccs1. The number of fused-ring (bicyclic) bond motifs is 1. The molecule has 0 aliphatic carbocycles. The maximum Gasteiger partial charge on any atom is 0.267 e. The molecule has 4 rings (SSSR count). The van der Waals surface area contributed by atoms with Gasteiger partial charge in [0, 0.05) is 22.3 Å². The van der Waals surface area contributed by atoms with E-state index in [-0.39, 0.29) is 11.8 Å². The van der Waals surface area contributed by atoms with E-state index < -0.39 is 0 Å². The fourth-order valence-corrected chi connectivity index (χ4v) is 5.02. The summed E-state index contributed by atoms with van der Waals surface area (Å²) in [7, 11) is 0. The van der Waals surface area contributed by atoms with Crippen LogP contribution in [0.5, 0.6) is 0 Å². The normalized spacial score (nSPS) is 13.3. The molecule has 0 saturated heterocycles. The van der Waals surface area contributed by atoms with Crippen LogP contribution in [-0.2, 0) is 13.0 Å². The molecule has 9 heteroatoms. The van der Waals surface area contributed by atoms with Crippen LogP contribution in [0, 0.1) is 0 Å². The Bertz CT molecular complexity index is 1020. The van der Waals surface area contributed by atoms with Gasteiger partial charge in [0.05, 0.1) is 27.7 Å². The lowest BCUT2D eigenvalue weighted by Crippen LogP contribution is -2.35. The molecule has 3 heterocycles. The highest BCUT2D eigenvalue weighted by Crippen LogP contribution is 2.31. The van der Waals surface area contributed by atoms with Crippen LogP contribution in [0.3, 0.4) is 0 Å². The summed E-state index contributed by atoms with van der Waals surface area (Å²) >= 11 is 12.4. The largest absolute Gasteiger partial charge is 0.333 e. The van der Waals surface area contributed by atoms with Gasteiger partial charge in [-0.2, -0.15) is 0 Å². The van der Waals surface area contributed by atoms with Crippen molar-refractivity contribution in [2.45, 2.75) is 13.0 Å². The van der Waals surface area contributed by atoms with E-state index >= 15 is 0 Å². The number of nitrogens with zero attached hydrogens (tertiary/aromatic N) is 2. The second-order valence-electron chi connectivity index (χ2n) is 5.92. The van der Waals surface area contributed by atoms with E-state index in [2.05, 4.69) is 26.2 Å². The first-order valence-corrected chi connectivity index (χ1v) is 11.0. The molecule has 1 N–H and O–H groups in total. The number of hydrogen-bond acceptors (Lipinski definition) is 5. The van der Waals surface area contributed by atoms with Gasteiger partial charge < -0.3 is 4.90 Å². The highest BCUT2D eigenvalue weighted by Gasteiger charge is 2.26. The van der Waals surface area contributed by atoms with Gasteiger partial charge in [-0.25, -0.2) is 4.98 Å². The fourth-order valence-electron chi connectivity index (χ4n) is 2.82. The molecule has 1 aliphatic rings. The summed E-state index contributed by atoms with van der Waals surface area (Å²) < 4.78 is 0.810. The van der Waals surface area contributed by atoms with E-state index in [9.17, 15) is 9.59 Å². The molecule has 27 heavy (non-hydrogen) atoms. The Morgan fingerprint density at radius 3 is 2.93 bits per heavy atom. The Labute approximate surface area is 177 Å². The minimum atomic E-state index is -0.162. The zero-order valence-corrected chi connectivity index (χ0v) is 17.8. The van der Waals surface area contributed by atoms with Crippen LogP contribution in [0.15, 0.2) is 40.2 Å². The molecule has 1 aliphatic heterocycles. The summed E-state index contributed by atoms with van der Waals surface area (Å²) in [6.07, 6.45) is 0.651. The van der Waals surface area contributed by atoms with E-state index in [1.807, 2.05) is 11.4 Å². The van der Waals surface area contributed by atoms with Gasteiger partial charge in [0.1, 0.15) is 0 Å². The summed E-state index contributed by atoms with van der Waals surface area (Å²) in [6, 6.07) is 8.86. The second kappa shape index (κ2) is 7.71. The summed E-state index contributed by atoms with van der Waals surface area (Å²) in [5.74, 6) is -0.269. The van der Waals surface area contributed by atoms with Crippen LogP contribution in [0.25, 0.3) is 0 Å². The summed E-state index contributed by atoms with van der Waals surface area (Å²) in [5.41, 5.74) is 1.41. The predicted octanol–water partition coefficient (Wildman–Crippen LogP) is 5.07. The highest BCUT2D eigenvalue weighted by atomic mass is 79.9. The molecule has 0 saturated carbocycles. The van der Waals surface area contributed by atoms with Crippen molar-refractivity contribution < 1.29 is 9.59 Å². The lowest BCUT2D eigenvalue weighted by molar-refractivity contribution is 0.0736. The number of thiophene rings is 1. The third-order valence-corrected chi connectivity index (χ3v) is 6.83. The van der Waals surface area contributed by atoms with E-state index in [0.29, 0.717) is 40.1 Å². The molecule has 2 amide bonds. The molecule has 138 valence electrons. The van der Waals surface area contributed by atoms with Crippen molar-refractivity contribution in [2.75, 3.05) is 11.9 Å². The maximum absolute atomic E-state index is 12.9. The van der Waals surface area contributed by atoms with E-state index in [1.54, 1.807) is 29.2 Å². The van der Waals surface area contributed by atoms with Crippen LogP contribution in [-0.4, -0.2) is 28.2 Å². The van der Waals surface area contributed by atoms with Crippen molar-refractivity contribution in [3.8, 4) is 0 Å². The first-order chi connectivity index (χ1) is 13.0. The van der Waals surface area contributed by atoms with Gasteiger partial charge in [-0.3, -0.25) is 14.9 Å². The minimum Gasteiger partial charge on any atom is -0.333 e. The van der Waals surface area contributed by atoms with Crippen LogP contribution in [0.2, 0.25) is 5.02 Å². The lowest BCUT2D eigenvalue weighted by atomic mass is 10.1. The minimum absolute atomic E-state index is 0.107. The molecular weight excluding hydrogens is 470 g/mol. The van der Waals surface area contributed by atoms with Crippen molar-refractivity contribution >= 4 is 67.2 Å². The Morgan fingerprint density at radius 2 is 2.15 bits per heavy atom. The number of benzene rings is 1. The third-order valence-electron chi connectivity index (χ3n) is 4.14. The Kier molecular flexibility index (Phi) is 5.32. The Balaban J connectivity index is 1.50. The number of halogens is 2. The summed E-state index contributed by atoms with van der Waals surface area (Å²) in [5, 5.41) is 5.70. The van der Waals surface area contributed by atoms with Gasteiger partial charge in [0.2, 0.25) is 0 Å². The number of hydrogen-bond donors (Lipinski definition) is 1. The molecule has 0 unspecified atom stereocenters. The molecule has 3 aromatic rings. The number of carbonyl (C=O) groups excluding carboxylic acids is 2. The third kappa shape index (κ3) is 3.94. The van der Waals surface area contributed by atoms with Gasteiger partial charge in [0.15, 0.2) is 5.13 Å². The quantitative estimate of drug-likeness (QED) is 0.567. The number of anilines is 1.